The lowest BCUT2D eigenvalue weighted by Crippen LogP contribution is -2.34. The Morgan fingerprint density at radius 3 is 2.71 bits per heavy atom. The van der Waals surface area contributed by atoms with Gasteiger partial charge < -0.3 is 10.6 Å². The van der Waals surface area contributed by atoms with Gasteiger partial charge in [-0.15, -0.1) is 0 Å². The largest absolute Gasteiger partial charge is 0.401 e. The van der Waals surface area contributed by atoms with Crippen LogP contribution in [0.1, 0.15) is 29.6 Å². The van der Waals surface area contributed by atoms with E-state index in [1.807, 2.05) is 0 Å². The van der Waals surface area contributed by atoms with Crippen LogP contribution in [0.2, 0.25) is 0 Å². The molecule has 8 heteroatoms. The Morgan fingerprint density at radius 1 is 1.29 bits per heavy atom. The summed E-state index contributed by atoms with van der Waals surface area (Å²) in [7, 11) is 0. The summed E-state index contributed by atoms with van der Waals surface area (Å²) in [5.74, 6) is 0.572. The molecular weight excluding hydrogens is 321 g/mol. The third-order valence-corrected chi connectivity index (χ3v) is 4.28. The molecule has 0 spiro atoms. The van der Waals surface area contributed by atoms with Crippen LogP contribution in [-0.2, 0) is 0 Å². The third-order valence-electron chi connectivity index (χ3n) is 4.28. The number of pyridine rings is 1. The molecule has 2 fully saturated rings. The number of alkyl halides is 3. The van der Waals surface area contributed by atoms with Crippen LogP contribution in [0.4, 0.5) is 19.0 Å². The van der Waals surface area contributed by atoms with Gasteiger partial charge >= 0.3 is 6.18 Å². The second kappa shape index (κ2) is 6.96. The minimum absolute atomic E-state index is 0.0556. The first-order valence-electron chi connectivity index (χ1n) is 8.19. The molecule has 0 unspecified atom stereocenters. The Kier molecular flexibility index (Phi) is 4.93. The van der Waals surface area contributed by atoms with E-state index in [4.69, 9.17) is 0 Å². The number of likely N-dealkylation sites (tertiary alicyclic amines) is 1. The van der Waals surface area contributed by atoms with Gasteiger partial charge in [-0.25, -0.2) is 4.98 Å². The summed E-state index contributed by atoms with van der Waals surface area (Å²) in [4.78, 5) is 17.7. The number of halogens is 3. The summed E-state index contributed by atoms with van der Waals surface area (Å²) in [6.45, 7) is 0.289. The van der Waals surface area contributed by atoms with Crippen LogP contribution in [0, 0.1) is 5.92 Å². The Bertz CT molecular complexity index is 572. The van der Waals surface area contributed by atoms with Crippen molar-refractivity contribution in [2.45, 2.75) is 31.5 Å². The lowest BCUT2D eigenvalue weighted by atomic mass is 10.1. The lowest BCUT2D eigenvalue weighted by Gasteiger charge is -2.18. The Balaban J connectivity index is 1.42. The fourth-order valence-electron chi connectivity index (χ4n) is 2.87. The van der Waals surface area contributed by atoms with Crippen LogP contribution in [0.3, 0.4) is 0 Å². The van der Waals surface area contributed by atoms with Gasteiger partial charge in [0.15, 0.2) is 0 Å². The molecule has 3 rings (SSSR count). The molecule has 24 heavy (non-hydrogen) atoms. The Morgan fingerprint density at radius 2 is 2.08 bits per heavy atom. The van der Waals surface area contributed by atoms with Gasteiger partial charge in [-0.2, -0.15) is 13.2 Å². The minimum Gasteiger partial charge on any atom is -0.367 e. The standard InChI is InChI=1S/C16H21F3N4O/c17-16(18,19)10-23-6-5-11(9-23)7-21-15(24)12-1-4-14(20-8-12)22-13-2-3-13/h1,4,8,11,13H,2-3,5-7,9-10H2,(H,20,22)(H,21,24)/t11-/m1/s1. The van der Waals surface area contributed by atoms with Crippen molar-refractivity contribution in [3.05, 3.63) is 23.9 Å². The van der Waals surface area contributed by atoms with Gasteiger partial charge in [-0.1, -0.05) is 0 Å². The number of nitrogens with zero attached hydrogens (tertiary/aromatic N) is 2. The van der Waals surface area contributed by atoms with Crippen molar-refractivity contribution in [1.29, 1.82) is 0 Å². The number of amides is 1. The summed E-state index contributed by atoms with van der Waals surface area (Å²) in [6.07, 6.45) is 0.316. The summed E-state index contributed by atoms with van der Waals surface area (Å²) < 4.78 is 37.1. The topological polar surface area (TPSA) is 57.3 Å². The van der Waals surface area contributed by atoms with E-state index < -0.39 is 12.7 Å². The van der Waals surface area contributed by atoms with Crippen molar-refractivity contribution in [3.63, 3.8) is 0 Å². The first-order chi connectivity index (χ1) is 11.4. The van der Waals surface area contributed by atoms with Crippen molar-refractivity contribution < 1.29 is 18.0 Å². The zero-order valence-electron chi connectivity index (χ0n) is 13.3. The van der Waals surface area contributed by atoms with Crippen LogP contribution < -0.4 is 10.6 Å². The van der Waals surface area contributed by atoms with Crippen molar-refractivity contribution in [2.24, 2.45) is 5.92 Å². The van der Waals surface area contributed by atoms with Crippen molar-refractivity contribution >= 4 is 11.7 Å². The van der Waals surface area contributed by atoms with Crippen molar-refractivity contribution in [3.8, 4) is 0 Å². The van der Waals surface area contributed by atoms with Crippen LogP contribution >= 0.6 is 0 Å². The fraction of sp³-hybridized carbons (Fsp3) is 0.625. The molecule has 132 valence electrons. The van der Waals surface area contributed by atoms with Crippen LogP contribution in [0.5, 0.6) is 0 Å². The first kappa shape index (κ1) is 17.0. The van der Waals surface area contributed by atoms with E-state index in [0.29, 0.717) is 37.7 Å². The molecule has 1 aromatic heterocycles. The highest BCUT2D eigenvalue weighted by Crippen LogP contribution is 2.24. The van der Waals surface area contributed by atoms with Gasteiger partial charge in [0.25, 0.3) is 5.91 Å². The molecular formula is C16H21F3N4O. The van der Waals surface area contributed by atoms with Gasteiger partial charge in [0.1, 0.15) is 5.82 Å². The molecule has 1 aromatic rings. The molecule has 2 N–H and O–H groups in total. The van der Waals surface area contributed by atoms with Gasteiger partial charge in [0, 0.05) is 25.3 Å². The normalized spacial score (nSPS) is 21.7. The number of carbonyl (C=O) groups is 1. The SMILES string of the molecule is O=C(NC[C@H]1CCN(CC(F)(F)F)C1)c1ccc(NC2CC2)nc1. The summed E-state index contributed by atoms with van der Waals surface area (Å²) in [6, 6.07) is 3.98. The maximum Gasteiger partial charge on any atom is 0.401 e. The molecule has 1 aliphatic heterocycles. The smallest absolute Gasteiger partial charge is 0.367 e. The average Bonchev–Trinajstić information content (AvgIpc) is 3.22. The molecule has 0 bridgehead atoms. The van der Waals surface area contributed by atoms with Crippen molar-refractivity contribution in [1.82, 2.24) is 15.2 Å². The zero-order chi connectivity index (χ0) is 17.2. The molecule has 2 heterocycles. The molecule has 1 atom stereocenters. The van der Waals surface area contributed by atoms with Gasteiger partial charge in [-0.05, 0) is 43.9 Å². The van der Waals surface area contributed by atoms with Crippen LogP contribution in [0.15, 0.2) is 18.3 Å². The summed E-state index contributed by atoms with van der Waals surface area (Å²) >= 11 is 0. The molecule has 0 aromatic carbocycles. The van der Waals surface area contributed by atoms with E-state index in [9.17, 15) is 18.0 Å². The number of carbonyl (C=O) groups excluding carboxylic acids is 1. The number of hydrogen-bond acceptors (Lipinski definition) is 4. The van der Waals surface area contributed by atoms with E-state index in [1.54, 1.807) is 12.1 Å². The maximum absolute atomic E-state index is 12.4. The van der Waals surface area contributed by atoms with Gasteiger partial charge in [0.2, 0.25) is 0 Å². The number of aromatic nitrogens is 1. The Hall–Kier alpha value is -1.83. The number of hydrogen-bond donors (Lipinski definition) is 2. The third kappa shape index (κ3) is 5.09. The average molecular weight is 342 g/mol. The van der Waals surface area contributed by atoms with Gasteiger partial charge in [0.05, 0.1) is 12.1 Å². The first-order valence-corrected chi connectivity index (χ1v) is 8.19. The zero-order valence-corrected chi connectivity index (χ0v) is 13.3. The summed E-state index contributed by atoms with van der Waals surface area (Å²) in [5, 5.41) is 6.03. The van der Waals surface area contributed by atoms with E-state index in [1.165, 1.54) is 11.1 Å². The van der Waals surface area contributed by atoms with E-state index in [-0.39, 0.29) is 11.8 Å². The molecule has 1 saturated carbocycles. The number of nitrogens with one attached hydrogen (secondary N) is 2. The summed E-state index contributed by atoms with van der Waals surface area (Å²) in [5.41, 5.74) is 0.460. The molecule has 5 nitrogen and oxygen atoms in total. The highest BCUT2D eigenvalue weighted by atomic mass is 19.4. The number of rotatable bonds is 6. The van der Waals surface area contributed by atoms with E-state index >= 15 is 0 Å². The molecule has 0 radical (unpaired) electrons. The number of anilines is 1. The maximum atomic E-state index is 12.4. The monoisotopic (exact) mass is 342 g/mol. The predicted octanol–water partition coefficient (Wildman–Crippen LogP) is 2.27. The van der Waals surface area contributed by atoms with E-state index in [2.05, 4.69) is 15.6 Å². The van der Waals surface area contributed by atoms with Crippen LogP contribution in [0.25, 0.3) is 0 Å². The molecule has 1 amide bonds. The quantitative estimate of drug-likeness (QED) is 0.833. The highest BCUT2D eigenvalue weighted by Gasteiger charge is 2.34. The molecule has 2 aliphatic rings. The van der Waals surface area contributed by atoms with Crippen LogP contribution in [-0.4, -0.2) is 54.2 Å². The van der Waals surface area contributed by atoms with Crippen molar-refractivity contribution in [2.75, 3.05) is 31.5 Å². The second-order valence-electron chi connectivity index (χ2n) is 6.57. The minimum atomic E-state index is -4.17. The highest BCUT2D eigenvalue weighted by molar-refractivity contribution is 5.94. The predicted molar refractivity (Wildman–Crippen MR) is 83.8 cm³/mol. The lowest BCUT2D eigenvalue weighted by molar-refractivity contribution is -0.143. The second-order valence-corrected chi connectivity index (χ2v) is 6.57. The van der Waals surface area contributed by atoms with Gasteiger partial charge in [-0.3, -0.25) is 9.69 Å². The molecule has 1 saturated heterocycles. The van der Waals surface area contributed by atoms with E-state index in [0.717, 1.165) is 18.7 Å². The Labute approximate surface area is 138 Å². The fourth-order valence-corrected chi connectivity index (χ4v) is 2.87. The molecule has 1 aliphatic carbocycles.